The maximum absolute atomic E-state index is 4.66. The van der Waals surface area contributed by atoms with Gasteiger partial charge in [0.05, 0.1) is 11.4 Å². The third-order valence-electron chi connectivity index (χ3n) is 3.66. The van der Waals surface area contributed by atoms with Crippen molar-refractivity contribution in [1.29, 1.82) is 0 Å². The van der Waals surface area contributed by atoms with Gasteiger partial charge < -0.3 is 0 Å². The van der Waals surface area contributed by atoms with Crippen molar-refractivity contribution < 1.29 is 0 Å². The fourth-order valence-corrected chi connectivity index (χ4v) is 2.81. The molecule has 0 atom stereocenters. The lowest BCUT2D eigenvalue weighted by Gasteiger charge is -2.12. The highest BCUT2D eigenvalue weighted by molar-refractivity contribution is 7.07. The van der Waals surface area contributed by atoms with Crippen molar-refractivity contribution in [3.05, 3.63) is 11.1 Å². The van der Waals surface area contributed by atoms with Gasteiger partial charge in [-0.2, -0.15) is 0 Å². The number of aliphatic imine (C=N–C) groups is 2. The van der Waals surface area contributed by atoms with Crippen molar-refractivity contribution in [3.63, 3.8) is 0 Å². The van der Waals surface area contributed by atoms with E-state index in [4.69, 9.17) is 0 Å². The first kappa shape index (κ1) is 10.0. The molecule has 0 N–H and O–H groups in total. The van der Waals surface area contributed by atoms with Crippen LogP contribution >= 0.6 is 0 Å². The normalized spacial score (nSPS) is 15.9. The Hall–Kier alpha value is -1.18. The molecule has 2 aliphatic rings. The van der Waals surface area contributed by atoms with Crippen molar-refractivity contribution in [2.75, 3.05) is 0 Å². The summed E-state index contributed by atoms with van der Waals surface area (Å²) >= 11 is 0. The predicted molar refractivity (Wildman–Crippen MR) is 80.8 cm³/mol. The minimum atomic E-state index is 1.02. The monoisotopic (exact) mass is 204 g/mol. The van der Waals surface area contributed by atoms with Gasteiger partial charge >= 0.3 is 0 Å². The lowest BCUT2D eigenvalue weighted by Crippen LogP contribution is -2.31. The van der Waals surface area contributed by atoms with Crippen LogP contribution in [0.5, 0.6) is 0 Å². The Morgan fingerprint density at radius 1 is 0.812 bits per heavy atom. The summed E-state index contributed by atoms with van der Waals surface area (Å²) in [5.74, 6) is 0. The third-order valence-corrected chi connectivity index (χ3v) is 3.66. The zero-order valence-corrected chi connectivity index (χ0v) is 10.3. The summed E-state index contributed by atoms with van der Waals surface area (Å²) in [4.78, 5) is 9.32. The minimum absolute atomic E-state index is 1.02. The molecule has 0 saturated heterocycles. The third kappa shape index (κ3) is 1.19. The maximum Gasteiger partial charge on any atom is 0.201 e. The zero-order chi connectivity index (χ0) is 11.4. The summed E-state index contributed by atoms with van der Waals surface area (Å²) in [6.45, 7) is 4.38. The Kier molecular flexibility index (Phi) is 1.97. The molecule has 2 aliphatic heterocycles. The molecule has 16 heavy (non-hydrogen) atoms. The fourth-order valence-electron chi connectivity index (χ4n) is 2.81. The molecule has 0 bridgehead atoms. The van der Waals surface area contributed by atoms with Gasteiger partial charge in [-0.05, 0) is 19.4 Å². The molecule has 3 rings (SSSR count). The number of hydrogen-bond donors (Lipinski definition) is 0. The molecule has 2 heterocycles. The Balaban J connectivity index is 2.33. The molecule has 1 aromatic rings. The molecular formula is C10H12B4N2. The van der Waals surface area contributed by atoms with Crippen LogP contribution in [-0.2, 0) is 0 Å². The lowest BCUT2D eigenvalue weighted by molar-refractivity contribution is 1.38. The standard InChI is InChI=1S/C10H12B4N2/c1-3-5-7(15-9(11)13-5)4(2)8-6(3)14-10(12)16-8/h13-14H,11-12H2,1-2H3. The van der Waals surface area contributed by atoms with Crippen LogP contribution in [0.15, 0.2) is 9.98 Å². The average molecular weight is 203 g/mol. The molecule has 2 nitrogen and oxygen atoms in total. The summed E-state index contributed by atoms with van der Waals surface area (Å²) in [5.41, 5.74) is 10.4. The van der Waals surface area contributed by atoms with Crippen LogP contribution in [-0.4, -0.2) is 41.3 Å². The second-order valence-corrected chi connectivity index (χ2v) is 4.95. The van der Waals surface area contributed by atoms with Crippen LogP contribution in [0.2, 0.25) is 0 Å². The van der Waals surface area contributed by atoms with Gasteiger partial charge in [0.2, 0.25) is 14.6 Å². The van der Waals surface area contributed by atoms with Crippen LogP contribution in [0.25, 0.3) is 0 Å². The second-order valence-electron chi connectivity index (χ2n) is 4.95. The molecule has 0 aliphatic carbocycles. The molecule has 0 radical (unpaired) electrons. The van der Waals surface area contributed by atoms with Gasteiger partial charge in [-0.25, -0.2) is 0 Å². The first-order valence-corrected chi connectivity index (χ1v) is 5.81. The van der Waals surface area contributed by atoms with E-state index in [1.54, 1.807) is 0 Å². The SMILES string of the molecule is BC1=Nc2c(C)c3c(c(C)c2B1)BC(B)=N3. The molecule has 0 spiro atoms. The van der Waals surface area contributed by atoms with E-state index in [1.807, 2.05) is 0 Å². The average Bonchev–Trinajstić information content (AvgIpc) is 2.78. The summed E-state index contributed by atoms with van der Waals surface area (Å²) in [5, 5.41) is 0. The number of fused-ring (bicyclic) bond motifs is 2. The summed E-state index contributed by atoms with van der Waals surface area (Å²) in [6, 6.07) is 0. The smallest absolute Gasteiger partial charge is 0.201 e. The Morgan fingerprint density at radius 2 is 1.25 bits per heavy atom. The van der Waals surface area contributed by atoms with Crippen LogP contribution in [0.1, 0.15) is 11.1 Å². The van der Waals surface area contributed by atoms with E-state index in [2.05, 4.69) is 39.5 Å². The van der Waals surface area contributed by atoms with Gasteiger partial charge in [0.25, 0.3) is 0 Å². The maximum atomic E-state index is 4.66. The van der Waals surface area contributed by atoms with Crippen molar-refractivity contribution in [1.82, 2.24) is 0 Å². The molecule has 1 aromatic carbocycles. The summed E-state index contributed by atoms with van der Waals surface area (Å²) in [7, 11) is 6.26. The molecule has 74 valence electrons. The van der Waals surface area contributed by atoms with E-state index >= 15 is 0 Å². The first-order valence-electron chi connectivity index (χ1n) is 5.81. The molecule has 6 heteroatoms. The Bertz CT molecular complexity index is 528. The molecule has 0 unspecified atom stereocenters. The summed E-state index contributed by atoms with van der Waals surface area (Å²) in [6.07, 6.45) is 0. The van der Waals surface area contributed by atoms with Crippen molar-refractivity contribution in [3.8, 4) is 0 Å². The number of rotatable bonds is 0. The van der Waals surface area contributed by atoms with Crippen LogP contribution in [0.3, 0.4) is 0 Å². The highest BCUT2D eigenvalue weighted by Gasteiger charge is 2.26. The Morgan fingerprint density at radius 3 is 1.69 bits per heavy atom. The van der Waals surface area contributed by atoms with E-state index in [1.165, 1.54) is 44.4 Å². The number of nitrogens with zero attached hydrogens (tertiary/aromatic N) is 2. The number of benzene rings is 1. The van der Waals surface area contributed by atoms with Crippen LogP contribution in [0.4, 0.5) is 11.4 Å². The Labute approximate surface area is 98.9 Å². The van der Waals surface area contributed by atoms with Gasteiger partial charge in [-0.15, -0.1) is 0 Å². The fraction of sp³-hybridized carbons (Fsp3) is 0.200. The lowest BCUT2D eigenvalue weighted by atomic mass is 9.54. The highest BCUT2D eigenvalue weighted by atomic mass is 14.8. The molecule has 0 saturated carbocycles. The van der Waals surface area contributed by atoms with Gasteiger partial charge in [-0.1, -0.05) is 27.5 Å². The molecule has 0 aromatic heterocycles. The van der Waals surface area contributed by atoms with Crippen molar-refractivity contribution >= 4 is 63.6 Å². The molecular weight excluding hydrogens is 191 g/mol. The largest absolute Gasteiger partial charge is 0.278 e. The van der Waals surface area contributed by atoms with Crippen molar-refractivity contribution in [2.45, 2.75) is 13.8 Å². The van der Waals surface area contributed by atoms with Gasteiger partial charge in [-0.3, -0.25) is 9.98 Å². The molecule has 0 amide bonds. The summed E-state index contributed by atoms with van der Waals surface area (Å²) < 4.78 is 0. The van der Waals surface area contributed by atoms with Crippen LogP contribution in [0, 0.1) is 13.8 Å². The van der Waals surface area contributed by atoms with Crippen LogP contribution < -0.4 is 10.9 Å². The van der Waals surface area contributed by atoms with E-state index in [-0.39, 0.29) is 0 Å². The van der Waals surface area contributed by atoms with Gasteiger partial charge in [0, 0.05) is 0 Å². The second kappa shape index (κ2) is 3.16. The van der Waals surface area contributed by atoms with Gasteiger partial charge in [0.15, 0.2) is 0 Å². The highest BCUT2D eigenvalue weighted by Crippen LogP contribution is 2.30. The van der Waals surface area contributed by atoms with E-state index in [9.17, 15) is 0 Å². The van der Waals surface area contributed by atoms with Gasteiger partial charge in [0.1, 0.15) is 15.7 Å². The van der Waals surface area contributed by atoms with Crippen molar-refractivity contribution in [2.24, 2.45) is 9.98 Å². The first-order chi connectivity index (χ1) is 7.58. The molecule has 0 fully saturated rings. The minimum Gasteiger partial charge on any atom is -0.278 e. The zero-order valence-electron chi connectivity index (χ0n) is 10.3. The van der Waals surface area contributed by atoms with E-state index < -0.39 is 0 Å². The predicted octanol–water partition coefficient (Wildman–Crippen LogP) is -2.30. The topological polar surface area (TPSA) is 24.7 Å². The van der Waals surface area contributed by atoms with E-state index in [0.29, 0.717) is 0 Å². The quantitative estimate of drug-likeness (QED) is 0.424. The van der Waals surface area contributed by atoms with E-state index in [0.717, 1.165) is 14.6 Å². The number of hydrogen-bond acceptors (Lipinski definition) is 2.